The molecule has 0 aliphatic heterocycles. The van der Waals surface area contributed by atoms with Gasteiger partial charge in [0.25, 0.3) is 0 Å². The summed E-state index contributed by atoms with van der Waals surface area (Å²) in [5.41, 5.74) is 0.425. The van der Waals surface area contributed by atoms with Crippen LogP contribution in [0.4, 0.5) is 0 Å². The second-order valence-corrected chi connectivity index (χ2v) is 4.55. The zero-order chi connectivity index (χ0) is 11.5. The van der Waals surface area contributed by atoms with Crippen LogP contribution in [0.25, 0.3) is 0 Å². The average Bonchev–Trinajstić information content (AvgIpc) is 2.20. The van der Waals surface area contributed by atoms with Gasteiger partial charge in [-0.1, -0.05) is 29.8 Å². The molecule has 0 radical (unpaired) electrons. The number of ether oxygens (including phenoxy) is 1. The summed E-state index contributed by atoms with van der Waals surface area (Å²) in [4.78, 5) is 11.5. The van der Waals surface area contributed by atoms with E-state index in [1.807, 2.05) is 38.1 Å². The zero-order valence-electron chi connectivity index (χ0n) is 9.21. The second-order valence-electron chi connectivity index (χ2n) is 4.14. The third kappa shape index (κ3) is 2.96. The van der Waals surface area contributed by atoms with Crippen LogP contribution in [0.15, 0.2) is 24.3 Å². The Bertz CT molecular complexity index is 358. The van der Waals surface area contributed by atoms with E-state index >= 15 is 0 Å². The fourth-order valence-electron chi connectivity index (χ4n) is 1.47. The summed E-state index contributed by atoms with van der Waals surface area (Å²) in [6.45, 7) is 3.70. The first kappa shape index (κ1) is 12.1. The Morgan fingerprint density at radius 3 is 2.53 bits per heavy atom. The Morgan fingerprint density at radius 2 is 2.00 bits per heavy atom. The fourth-order valence-corrected chi connectivity index (χ4v) is 1.67. The molecule has 2 nitrogen and oxygen atoms in total. The van der Waals surface area contributed by atoms with Gasteiger partial charge in [0.05, 0.1) is 12.5 Å². The van der Waals surface area contributed by atoms with Crippen molar-refractivity contribution in [3.05, 3.63) is 34.9 Å². The maximum Gasteiger partial charge on any atom is 0.311 e. The van der Waals surface area contributed by atoms with Crippen LogP contribution in [0, 0.1) is 5.41 Å². The van der Waals surface area contributed by atoms with Crippen LogP contribution < -0.4 is 0 Å². The van der Waals surface area contributed by atoms with Crippen molar-refractivity contribution in [2.75, 3.05) is 7.11 Å². The molecule has 1 aromatic carbocycles. The van der Waals surface area contributed by atoms with Gasteiger partial charge < -0.3 is 4.74 Å². The molecule has 1 aromatic rings. The number of benzene rings is 1. The van der Waals surface area contributed by atoms with Crippen molar-refractivity contribution in [1.29, 1.82) is 0 Å². The molecule has 0 N–H and O–H groups in total. The summed E-state index contributed by atoms with van der Waals surface area (Å²) >= 11 is 6.03. The van der Waals surface area contributed by atoms with E-state index in [2.05, 4.69) is 0 Å². The molecular weight excluding hydrogens is 212 g/mol. The molecule has 0 aromatic heterocycles. The van der Waals surface area contributed by atoms with Crippen molar-refractivity contribution in [2.45, 2.75) is 20.3 Å². The molecule has 0 unspecified atom stereocenters. The highest BCUT2D eigenvalue weighted by Crippen LogP contribution is 2.27. The molecule has 15 heavy (non-hydrogen) atoms. The Hall–Kier alpha value is -1.02. The molecule has 0 aliphatic carbocycles. The first-order valence-electron chi connectivity index (χ1n) is 4.79. The number of methoxy groups -OCH3 is 1. The van der Waals surface area contributed by atoms with Gasteiger partial charge >= 0.3 is 5.97 Å². The number of carbonyl (C=O) groups is 1. The Labute approximate surface area is 95.2 Å². The minimum absolute atomic E-state index is 0.220. The van der Waals surface area contributed by atoms with Crippen LogP contribution in [-0.2, 0) is 16.0 Å². The van der Waals surface area contributed by atoms with Crippen molar-refractivity contribution in [3.63, 3.8) is 0 Å². The van der Waals surface area contributed by atoms with Gasteiger partial charge in [0, 0.05) is 5.02 Å². The summed E-state index contributed by atoms with van der Waals surface area (Å²) in [5.74, 6) is -0.220. The van der Waals surface area contributed by atoms with E-state index in [-0.39, 0.29) is 5.97 Å². The normalized spacial score (nSPS) is 11.2. The first-order chi connectivity index (χ1) is 6.97. The lowest BCUT2D eigenvalue weighted by molar-refractivity contribution is -0.150. The molecule has 0 amide bonds. The van der Waals surface area contributed by atoms with Gasteiger partial charge in [-0.25, -0.2) is 0 Å². The third-order valence-electron chi connectivity index (χ3n) is 2.33. The predicted octanol–water partition coefficient (Wildman–Crippen LogP) is 3.08. The van der Waals surface area contributed by atoms with Gasteiger partial charge in [0.15, 0.2) is 0 Å². The Morgan fingerprint density at radius 1 is 1.40 bits per heavy atom. The van der Waals surface area contributed by atoms with Gasteiger partial charge in [-0.05, 0) is 31.9 Å². The van der Waals surface area contributed by atoms with Gasteiger partial charge in [0.2, 0.25) is 0 Å². The van der Waals surface area contributed by atoms with Crippen molar-refractivity contribution in [2.24, 2.45) is 5.41 Å². The van der Waals surface area contributed by atoms with Crippen molar-refractivity contribution in [3.8, 4) is 0 Å². The average molecular weight is 227 g/mol. The molecule has 0 fully saturated rings. The van der Waals surface area contributed by atoms with E-state index in [9.17, 15) is 4.79 Å². The van der Waals surface area contributed by atoms with Crippen molar-refractivity contribution in [1.82, 2.24) is 0 Å². The summed E-state index contributed by atoms with van der Waals surface area (Å²) < 4.78 is 4.75. The minimum Gasteiger partial charge on any atom is -0.469 e. The molecule has 1 rings (SSSR count). The lowest BCUT2D eigenvalue weighted by atomic mass is 9.86. The standard InChI is InChI=1S/C12H15ClO2/c1-12(2,11(14)15-3)8-9-6-4-5-7-10(9)13/h4-7H,8H2,1-3H3. The number of esters is 1. The number of halogens is 1. The summed E-state index contributed by atoms with van der Waals surface area (Å²) in [6, 6.07) is 7.53. The lowest BCUT2D eigenvalue weighted by Crippen LogP contribution is -2.28. The van der Waals surface area contributed by atoms with Gasteiger partial charge in [-0.2, -0.15) is 0 Å². The molecule has 3 heteroatoms. The summed E-state index contributed by atoms with van der Waals surface area (Å²) in [7, 11) is 1.40. The fraction of sp³-hybridized carbons (Fsp3) is 0.417. The van der Waals surface area contributed by atoms with Crippen LogP contribution in [-0.4, -0.2) is 13.1 Å². The molecule has 0 saturated heterocycles. The minimum atomic E-state index is -0.542. The molecule has 0 heterocycles. The van der Waals surface area contributed by atoms with Gasteiger partial charge in [-0.3, -0.25) is 4.79 Å². The van der Waals surface area contributed by atoms with Crippen LogP contribution >= 0.6 is 11.6 Å². The highest BCUT2D eigenvalue weighted by atomic mass is 35.5. The smallest absolute Gasteiger partial charge is 0.311 e. The lowest BCUT2D eigenvalue weighted by Gasteiger charge is -2.21. The number of carbonyl (C=O) groups excluding carboxylic acids is 1. The van der Waals surface area contributed by atoms with E-state index in [1.54, 1.807) is 0 Å². The maximum absolute atomic E-state index is 11.5. The van der Waals surface area contributed by atoms with Crippen LogP contribution in [0.2, 0.25) is 5.02 Å². The van der Waals surface area contributed by atoms with E-state index in [1.165, 1.54) is 7.11 Å². The van der Waals surface area contributed by atoms with Crippen molar-refractivity contribution >= 4 is 17.6 Å². The number of rotatable bonds is 3. The van der Waals surface area contributed by atoms with Crippen LogP contribution in [0.3, 0.4) is 0 Å². The first-order valence-corrected chi connectivity index (χ1v) is 5.17. The largest absolute Gasteiger partial charge is 0.469 e. The predicted molar refractivity (Wildman–Crippen MR) is 61.0 cm³/mol. The second kappa shape index (κ2) is 4.67. The van der Waals surface area contributed by atoms with E-state index < -0.39 is 5.41 Å². The van der Waals surface area contributed by atoms with Gasteiger partial charge in [-0.15, -0.1) is 0 Å². The molecule has 0 saturated carbocycles. The highest BCUT2D eigenvalue weighted by Gasteiger charge is 2.29. The highest BCUT2D eigenvalue weighted by molar-refractivity contribution is 6.31. The van der Waals surface area contributed by atoms with E-state index in [4.69, 9.17) is 16.3 Å². The number of hydrogen-bond donors (Lipinski definition) is 0. The van der Waals surface area contributed by atoms with Crippen LogP contribution in [0.1, 0.15) is 19.4 Å². The van der Waals surface area contributed by atoms with E-state index in [0.717, 1.165) is 5.56 Å². The topological polar surface area (TPSA) is 26.3 Å². The Balaban J connectivity index is 2.86. The monoisotopic (exact) mass is 226 g/mol. The van der Waals surface area contributed by atoms with Gasteiger partial charge in [0.1, 0.15) is 0 Å². The van der Waals surface area contributed by atoms with Crippen LogP contribution in [0.5, 0.6) is 0 Å². The quantitative estimate of drug-likeness (QED) is 0.741. The summed E-state index contributed by atoms with van der Waals surface area (Å²) in [5, 5.41) is 0.689. The molecule has 0 bridgehead atoms. The zero-order valence-corrected chi connectivity index (χ0v) is 9.97. The molecule has 0 aliphatic rings. The molecular formula is C12H15ClO2. The summed E-state index contributed by atoms with van der Waals surface area (Å²) in [6.07, 6.45) is 0.583. The third-order valence-corrected chi connectivity index (χ3v) is 2.70. The number of hydrogen-bond acceptors (Lipinski definition) is 2. The molecule has 0 spiro atoms. The maximum atomic E-state index is 11.5. The SMILES string of the molecule is COC(=O)C(C)(C)Cc1ccccc1Cl. The Kier molecular flexibility index (Phi) is 3.75. The van der Waals surface area contributed by atoms with E-state index in [0.29, 0.717) is 11.4 Å². The molecule has 82 valence electrons. The van der Waals surface area contributed by atoms with Crippen molar-refractivity contribution < 1.29 is 9.53 Å². The molecule has 0 atom stereocenters.